The van der Waals surface area contributed by atoms with Gasteiger partial charge in [0.25, 0.3) is 0 Å². The lowest BCUT2D eigenvalue weighted by Gasteiger charge is -2.02. The molecule has 1 amide bonds. The number of rotatable bonds is 3. The lowest BCUT2D eigenvalue weighted by Crippen LogP contribution is -2.08. The standard InChI is InChI=1S/C15H12FNO/c16-13-8-4-5-9-14(13)17-15(18)11-10-12-6-2-1-3-7-12/h1-11H,(H,17,18). The SMILES string of the molecule is O=C(C=Cc1ccccc1)Nc1ccccc1F. The highest BCUT2D eigenvalue weighted by Gasteiger charge is 2.02. The zero-order chi connectivity index (χ0) is 12.8. The van der Waals surface area contributed by atoms with Gasteiger partial charge in [-0.1, -0.05) is 42.5 Å². The Hall–Kier alpha value is -2.42. The second-order valence-electron chi connectivity index (χ2n) is 3.71. The summed E-state index contributed by atoms with van der Waals surface area (Å²) < 4.78 is 13.3. The van der Waals surface area contributed by atoms with Crippen molar-refractivity contribution in [2.75, 3.05) is 5.32 Å². The summed E-state index contributed by atoms with van der Waals surface area (Å²) in [6, 6.07) is 15.5. The molecule has 0 radical (unpaired) electrons. The molecule has 3 heteroatoms. The monoisotopic (exact) mass is 241 g/mol. The van der Waals surface area contributed by atoms with E-state index in [1.54, 1.807) is 18.2 Å². The van der Waals surface area contributed by atoms with Crippen LogP contribution in [0, 0.1) is 5.82 Å². The van der Waals surface area contributed by atoms with Gasteiger partial charge < -0.3 is 5.32 Å². The van der Waals surface area contributed by atoms with E-state index in [-0.39, 0.29) is 11.6 Å². The van der Waals surface area contributed by atoms with Gasteiger partial charge >= 0.3 is 0 Å². The summed E-state index contributed by atoms with van der Waals surface area (Å²) in [5.74, 6) is -0.803. The minimum Gasteiger partial charge on any atom is -0.320 e. The van der Waals surface area contributed by atoms with Crippen LogP contribution in [0.4, 0.5) is 10.1 Å². The number of hydrogen-bond acceptors (Lipinski definition) is 1. The van der Waals surface area contributed by atoms with Crippen LogP contribution in [-0.4, -0.2) is 5.91 Å². The minimum atomic E-state index is -0.445. The molecule has 0 spiro atoms. The molecule has 0 saturated carbocycles. The van der Waals surface area contributed by atoms with Crippen LogP contribution in [0.15, 0.2) is 60.7 Å². The second-order valence-corrected chi connectivity index (χ2v) is 3.71. The van der Waals surface area contributed by atoms with Crippen molar-refractivity contribution in [2.24, 2.45) is 0 Å². The van der Waals surface area contributed by atoms with Crippen LogP contribution < -0.4 is 5.32 Å². The van der Waals surface area contributed by atoms with Crippen LogP contribution in [0.25, 0.3) is 6.08 Å². The van der Waals surface area contributed by atoms with Crippen molar-refractivity contribution in [1.29, 1.82) is 0 Å². The van der Waals surface area contributed by atoms with Crippen molar-refractivity contribution in [2.45, 2.75) is 0 Å². The maximum absolute atomic E-state index is 13.3. The number of anilines is 1. The lowest BCUT2D eigenvalue weighted by molar-refractivity contribution is -0.111. The van der Waals surface area contributed by atoms with Gasteiger partial charge in [0.15, 0.2) is 0 Å². The normalized spacial score (nSPS) is 10.5. The fraction of sp³-hybridized carbons (Fsp3) is 0. The molecule has 0 aliphatic heterocycles. The molecule has 0 fully saturated rings. The summed E-state index contributed by atoms with van der Waals surface area (Å²) in [6.07, 6.45) is 3.05. The largest absolute Gasteiger partial charge is 0.320 e. The zero-order valence-electron chi connectivity index (χ0n) is 9.64. The van der Waals surface area contributed by atoms with Crippen molar-refractivity contribution in [1.82, 2.24) is 0 Å². The predicted molar refractivity (Wildman–Crippen MR) is 70.5 cm³/mol. The average molecular weight is 241 g/mol. The molecule has 2 aromatic rings. The molecule has 0 aromatic heterocycles. The van der Waals surface area contributed by atoms with E-state index in [1.165, 1.54) is 18.2 Å². The smallest absolute Gasteiger partial charge is 0.248 e. The topological polar surface area (TPSA) is 29.1 Å². The number of nitrogens with one attached hydrogen (secondary N) is 1. The fourth-order valence-corrected chi connectivity index (χ4v) is 1.47. The Morgan fingerprint density at radius 2 is 1.67 bits per heavy atom. The predicted octanol–water partition coefficient (Wildman–Crippen LogP) is 3.48. The van der Waals surface area contributed by atoms with E-state index in [2.05, 4.69) is 5.32 Å². The first-order valence-electron chi connectivity index (χ1n) is 5.54. The summed E-state index contributed by atoms with van der Waals surface area (Å²) in [4.78, 5) is 11.6. The highest BCUT2D eigenvalue weighted by molar-refractivity contribution is 6.01. The Morgan fingerprint density at radius 3 is 2.39 bits per heavy atom. The first-order chi connectivity index (χ1) is 8.75. The lowest BCUT2D eigenvalue weighted by atomic mass is 10.2. The molecular weight excluding hydrogens is 229 g/mol. The van der Waals surface area contributed by atoms with E-state index >= 15 is 0 Å². The zero-order valence-corrected chi connectivity index (χ0v) is 9.64. The molecule has 0 aliphatic rings. The number of amides is 1. The molecule has 18 heavy (non-hydrogen) atoms. The Morgan fingerprint density at radius 1 is 1.00 bits per heavy atom. The molecule has 0 saturated heterocycles. The third kappa shape index (κ3) is 3.28. The molecule has 0 unspecified atom stereocenters. The van der Waals surface area contributed by atoms with Gasteiger partial charge in [-0.15, -0.1) is 0 Å². The van der Waals surface area contributed by atoms with E-state index in [4.69, 9.17) is 0 Å². The molecule has 90 valence electrons. The van der Waals surface area contributed by atoms with Gasteiger partial charge in [0.1, 0.15) is 5.82 Å². The van der Waals surface area contributed by atoms with Gasteiger partial charge in [0, 0.05) is 6.08 Å². The van der Waals surface area contributed by atoms with E-state index in [0.29, 0.717) is 0 Å². The van der Waals surface area contributed by atoms with Gasteiger partial charge in [-0.05, 0) is 23.8 Å². The summed E-state index contributed by atoms with van der Waals surface area (Å²) in [5.41, 5.74) is 1.10. The van der Waals surface area contributed by atoms with Crippen LogP contribution in [-0.2, 0) is 4.79 Å². The van der Waals surface area contributed by atoms with Crippen LogP contribution in [0.1, 0.15) is 5.56 Å². The molecule has 0 atom stereocenters. The quantitative estimate of drug-likeness (QED) is 0.819. The van der Waals surface area contributed by atoms with Crippen LogP contribution in [0.5, 0.6) is 0 Å². The number of carbonyl (C=O) groups excluding carboxylic acids is 1. The van der Waals surface area contributed by atoms with Crippen LogP contribution in [0.2, 0.25) is 0 Å². The summed E-state index contributed by atoms with van der Waals surface area (Å²) in [7, 11) is 0. The van der Waals surface area contributed by atoms with Gasteiger partial charge in [-0.25, -0.2) is 4.39 Å². The summed E-state index contributed by atoms with van der Waals surface area (Å²) in [5, 5.41) is 2.48. The van der Waals surface area contributed by atoms with Crippen LogP contribution >= 0.6 is 0 Å². The molecule has 0 aliphatic carbocycles. The summed E-state index contributed by atoms with van der Waals surface area (Å²) in [6.45, 7) is 0. The number of benzene rings is 2. The Labute approximate surface area is 105 Å². The van der Waals surface area contributed by atoms with Crippen molar-refractivity contribution in [3.8, 4) is 0 Å². The Balaban J connectivity index is 2.02. The van der Waals surface area contributed by atoms with E-state index < -0.39 is 5.82 Å². The van der Waals surface area contributed by atoms with Gasteiger partial charge in [-0.3, -0.25) is 4.79 Å². The fourth-order valence-electron chi connectivity index (χ4n) is 1.47. The van der Waals surface area contributed by atoms with Crippen molar-refractivity contribution in [3.05, 3.63) is 72.1 Å². The third-order valence-electron chi connectivity index (χ3n) is 2.36. The average Bonchev–Trinajstić information content (AvgIpc) is 2.40. The van der Waals surface area contributed by atoms with Crippen LogP contribution in [0.3, 0.4) is 0 Å². The summed E-state index contributed by atoms with van der Waals surface area (Å²) >= 11 is 0. The van der Waals surface area contributed by atoms with E-state index in [1.807, 2.05) is 30.3 Å². The first kappa shape index (κ1) is 12.0. The van der Waals surface area contributed by atoms with Gasteiger partial charge in [0.2, 0.25) is 5.91 Å². The van der Waals surface area contributed by atoms with Gasteiger partial charge in [0.05, 0.1) is 5.69 Å². The molecule has 2 rings (SSSR count). The van der Waals surface area contributed by atoms with Crippen molar-refractivity contribution in [3.63, 3.8) is 0 Å². The molecular formula is C15H12FNO. The number of para-hydroxylation sites is 1. The Bertz CT molecular complexity index is 564. The maximum Gasteiger partial charge on any atom is 0.248 e. The third-order valence-corrected chi connectivity index (χ3v) is 2.36. The Kier molecular flexibility index (Phi) is 3.86. The van der Waals surface area contributed by atoms with Crippen molar-refractivity contribution >= 4 is 17.7 Å². The number of halogens is 1. The van der Waals surface area contributed by atoms with Crippen molar-refractivity contribution < 1.29 is 9.18 Å². The molecule has 2 aromatic carbocycles. The number of carbonyl (C=O) groups is 1. The first-order valence-corrected chi connectivity index (χ1v) is 5.54. The van der Waals surface area contributed by atoms with Gasteiger partial charge in [-0.2, -0.15) is 0 Å². The minimum absolute atomic E-state index is 0.181. The molecule has 1 N–H and O–H groups in total. The molecule has 0 heterocycles. The highest BCUT2D eigenvalue weighted by Crippen LogP contribution is 2.12. The van der Waals surface area contributed by atoms with E-state index in [0.717, 1.165) is 5.56 Å². The van der Waals surface area contributed by atoms with E-state index in [9.17, 15) is 9.18 Å². The number of hydrogen-bond donors (Lipinski definition) is 1. The highest BCUT2D eigenvalue weighted by atomic mass is 19.1. The second kappa shape index (κ2) is 5.77. The maximum atomic E-state index is 13.3. The molecule has 0 bridgehead atoms. The molecule has 2 nitrogen and oxygen atoms in total.